The Bertz CT molecular complexity index is 515. The van der Waals surface area contributed by atoms with E-state index in [1.54, 1.807) is 13.0 Å². The fourth-order valence-electron chi connectivity index (χ4n) is 1.33. The molecule has 1 aromatic rings. The van der Waals surface area contributed by atoms with Crippen molar-refractivity contribution in [2.24, 2.45) is 10.2 Å². The molecule has 0 aliphatic heterocycles. The summed E-state index contributed by atoms with van der Waals surface area (Å²) in [7, 11) is 0. The van der Waals surface area contributed by atoms with Gasteiger partial charge in [-0.1, -0.05) is 6.07 Å². The highest BCUT2D eigenvalue weighted by Crippen LogP contribution is 2.26. The number of carbonyl (C=O) groups is 2. The minimum Gasteiger partial charge on any atom is -0.464 e. The molecular formula is C13H15BrN2O3. The third-order valence-corrected chi connectivity index (χ3v) is 2.91. The lowest BCUT2D eigenvalue weighted by Gasteiger charge is -2.06. The van der Waals surface area contributed by atoms with E-state index in [1.807, 2.05) is 19.1 Å². The number of hydrogen-bond donors (Lipinski definition) is 0. The number of ketones is 1. The lowest BCUT2D eigenvalue weighted by Crippen LogP contribution is -2.28. The molecule has 102 valence electrons. The first-order valence-electron chi connectivity index (χ1n) is 5.79. The number of hydrogen-bond acceptors (Lipinski definition) is 5. The molecule has 1 rings (SSSR count). The zero-order chi connectivity index (χ0) is 14.4. The van der Waals surface area contributed by atoms with E-state index in [9.17, 15) is 9.59 Å². The van der Waals surface area contributed by atoms with Gasteiger partial charge in [0.15, 0.2) is 5.78 Å². The molecule has 0 aromatic heterocycles. The van der Waals surface area contributed by atoms with Crippen LogP contribution in [0.25, 0.3) is 0 Å². The Morgan fingerprint density at radius 1 is 1.42 bits per heavy atom. The molecule has 0 radical (unpaired) electrons. The van der Waals surface area contributed by atoms with Gasteiger partial charge in [-0.3, -0.25) is 4.79 Å². The average Bonchev–Trinajstić information content (AvgIpc) is 2.31. The fraction of sp³-hybridized carbons (Fsp3) is 0.385. The lowest BCUT2D eigenvalue weighted by molar-refractivity contribution is -0.147. The summed E-state index contributed by atoms with van der Waals surface area (Å²) >= 11 is 3.35. The molecule has 0 bridgehead atoms. The smallest absolute Gasteiger partial charge is 0.340 e. The Kier molecular flexibility index (Phi) is 5.82. The lowest BCUT2D eigenvalue weighted by atomic mass is 10.2. The van der Waals surface area contributed by atoms with Crippen LogP contribution < -0.4 is 0 Å². The summed E-state index contributed by atoms with van der Waals surface area (Å²) in [6.07, 6.45) is 0. The van der Waals surface area contributed by atoms with E-state index in [0.717, 1.165) is 10.0 Å². The van der Waals surface area contributed by atoms with Crippen molar-refractivity contribution in [3.05, 3.63) is 28.2 Å². The number of azo groups is 1. The zero-order valence-corrected chi connectivity index (χ0v) is 12.6. The molecule has 0 aliphatic rings. The van der Waals surface area contributed by atoms with Crippen molar-refractivity contribution >= 4 is 33.4 Å². The van der Waals surface area contributed by atoms with Crippen molar-refractivity contribution in [2.75, 3.05) is 6.61 Å². The van der Waals surface area contributed by atoms with Gasteiger partial charge in [-0.2, -0.15) is 10.2 Å². The van der Waals surface area contributed by atoms with E-state index >= 15 is 0 Å². The molecule has 5 nitrogen and oxygen atoms in total. The molecule has 0 aliphatic carbocycles. The SMILES string of the molecule is CCOC(=O)[C@@H](N=Nc1ccc(C)cc1Br)C(C)=O. The third-order valence-electron chi connectivity index (χ3n) is 2.28. The minimum absolute atomic E-state index is 0.201. The van der Waals surface area contributed by atoms with Crippen LogP contribution in [0, 0.1) is 6.92 Å². The summed E-state index contributed by atoms with van der Waals surface area (Å²) < 4.78 is 5.53. The second-order valence-corrected chi connectivity index (χ2v) is 4.79. The van der Waals surface area contributed by atoms with E-state index in [-0.39, 0.29) is 6.61 Å². The van der Waals surface area contributed by atoms with Crippen LogP contribution in [0.4, 0.5) is 5.69 Å². The van der Waals surface area contributed by atoms with E-state index in [0.29, 0.717) is 5.69 Å². The molecule has 0 saturated carbocycles. The highest BCUT2D eigenvalue weighted by Gasteiger charge is 2.24. The number of carbonyl (C=O) groups excluding carboxylic acids is 2. The van der Waals surface area contributed by atoms with Crippen molar-refractivity contribution in [1.82, 2.24) is 0 Å². The number of ether oxygens (including phenoxy) is 1. The van der Waals surface area contributed by atoms with Crippen LogP contribution in [-0.2, 0) is 14.3 Å². The van der Waals surface area contributed by atoms with Crippen LogP contribution in [0.3, 0.4) is 0 Å². The first-order chi connectivity index (χ1) is 8.95. The minimum atomic E-state index is -1.20. The Labute approximate surface area is 120 Å². The number of nitrogens with zero attached hydrogens (tertiary/aromatic N) is 2. The van der Waals surface area contributed by atoms with Crippen molar-refractivity contribution in [3.8, 4) is 0 Å². The van der Waals surface area contributed by atoms with E-state index in [1.165, 1.54) is 6.92 Å². The molecule has 0 N–H and O–H groups in total. The first kappa shape index (κ1) is 15.5. The summed E-state index contributed by atoms with van der Waals surface area (Å²) in [5.41, 5.74) is 1.63. The Balaban J connectivity index is 2.92. The molecule has 0 fully saturated rings. The Hall–Kier alpha value is -1.56. The van der Waals surface area contributed by atoms with Gasteiger partial charge < -0.3 is 4.74 Å². The number of benzene rings is 1. The van der Waals surface area contributed by atoms with Gasteiger partial charge in [-0.15, -0.1) is 0 Å². The maximum absolute atomic E-state index is 11.5. The van der Waals surface area contributed by atoms with Gasteiger partial charge in [-0.25, -0.2) is 4.79 Å². The van der Waals surface area contributed by atoms with Gasteiger partial charge in [0, 0.05) is 4.47 Å². The molecular weight excluding hydrogens is 312 g/mol. The summed E-state index contributed by atoms with van der Waals surface area (Å²) in [6.45, 7) is 5.10. The molecule has 1 aromatic carbocycles. The van der Waals surface area contributed by atoms with E-state index in [2.05, 4.69) is 26.2 Å². The quantitative estimate of drug-likeness (QED) is 0.473. The van der Waals surface area contributed by atoms with Crippen LogP contribution in [0.5, 0.6) is 0 Å². The monoisotopic (exact) mass is 326 g/mol. The molecule has 0 unspecified atom stereocenters. The zero-order valence-electron chi connectivity index (χ0n) is 11.0. The van der Waals surface area contributed by atoms with Gasteiger partial charge in [-0.05, 0) is 54.4 Å². The molecule has 19 heavy (non-hydrogen) atoms. The van der Waals surface area contributed by atoms with Crippen LogP contribution >= 0.6 is 15.9 Å². The van der Waals surface area contributed by atoms with Crippen LogP contribution in [0.15, 0.2) is 32.9 Å². The van der Waals surface area contributed by atoms with Crippen molar-refractivity contribution < 1.29 is 14.3 Å². The average molecular weight is 327 g/mol. The first-order valence-corrected chi connectivity index (χ1v) is 6.59. The largest absolute Gasteiger partial charge is 0.464 e. The molecule has 0 amide bonds. The van der Waals surface area contributed by atoms with Crippen molar-refractivity contribution in [3.63, 3.8) is 0 Å². The maximum atomic E-state index is 11.5. The molecule has 0 heterocycles. The predicted molar refractivity (Wildman–Crippen MR) is 74.5 cm³/mol. The number of esters is 1. The molecule has 0 saturated heterocycles. The normalized spacial score (nSPS) is 12.4. The summed E-state index contributed by atoms with van der Waals surface area (Å²) in [5.74, 6) is -1.08. The fourth-order valence-corrected chi connectivity index (χ4v) is 1.90. The van der Waals surface area contributed by atoms with Crippen LogP contribution in [-0.4, -0.2) is 24.4 Å². The topological polar surface area (TPSA) is 68.1 Å². The van der Waals surface area contributed by atoms with E-state index in [4.69, 9.17) is 4.74 Å². The standard InChI is InChI=1S/C13H15BrN2O3/c1-4-19-13(18)12(9(3)17)16-15-11-6-5-8(2)7-10(11)14/h5-7,12H,4H2,1-3H3/t12-/m0/s1. The third kappa shape index (κ3) is 4.55. The van der Waals surface area contributed by atoms with Gasteiger partial charge in [0.05, 0.1) is 12.3 Å². The number of rotatable bonds is 5. The van der Waals surface area contributed by atoms with Gasteiger partial charge in [0.25, 0.3) is 0 Å². The summed E-state index contributed by atoms with van der Waals surface area (Å²) in [4.78, 5) is 22.9. The number of aryl methyl sites for hydroxylation is 1. The van der Waals surface area contributed by atoms with Crippen molar-refractivity contribution in [1.29, 1.82) is 0 Å². The highest BCUT2D eigenvalue weighted by atomic mass is 79.9. The van der Waals surface area contributed by atoms with Gasteiger partial charge in [0.2, 0.25) is 6.04 Å². The van der Waals surface area contributed by atoms with Crippen LogP contribution in [0.1, 0.15) is 19.4 Å². The second-order valence-electron chi connectivity index (χ2n) is 3.94. The maximum Gasteiger partial charge on any atom is 0.340 e. The molecule has 1 atom stereocenters. The molecule has 6 heteroatoms. The summed E-state index contributed by atoms with van der Waals surface area (Å²) in [5, 5.41) is 7.70. The van der Waals surface area contributed by atoms with Crippen LogP contribution in [0.2, 0.25) is 0 Å². The predicted octanol–water partition coefficient (Wildman–Crippen LogP) is 3.36. The Morgan fingerprint density at radius 2 is 2.11 bits per heavy atom. The second kappa shape index (κ2) is 7.13. The highest BCUT2D eigenvalue weighted by molar-refractivity contribution is 9.10. The number of halogens is 1. The summed E-state index contributed by atoms with van der Waals surface area (Å²) in [6, 6.07) is 4.30. The van der Waals surface area contributed by atoms with Crippen molar-refractivity contribution in [2.45, 2.75) is 26.8 Å². The number of Topliss-reactive ketones (excluding diaryl/α,β-unsaturated/α-hetero) is 1. The van der Waals surface area contributed by atoms with Gasteiger partial charge >= 0.3 is 5.97 Å². The van der Waals surface area contributed by atoms with E-state index < -0.39 is 17.8 Å². The molecule has 0 spiro atoms. The van der Waals surface area contributed by atoms with Gasteiger partial charge in [0.1, 0.15) is 0 Å². The Morgan fingerprint density at radius 3 is 2.63 bits per heavy atom.